The summed E-state index contributed by atoms with van der Waals surface area (Å²) in [5.41, 5.74) is 0.970. The minimum atomic E-state index is -0.361. The Morgan fingerprint density at radius 1 is 1.29 bits per heavy atom. The van der Waals surface area contributed by atoms with Gasteiger partial charge in [0.1, 0.15) is 0 Å². The largest absolute Gasteiger partial charge is 3.00 e. The number of rotatable bonds is 0. The zero-order chi connectivity index (χ0) is 9.68. The van der Waals surface area contributed by atoms with Crippen molar-refractivity contribution in [2.24, 2.45) is 0 Å². The van der Waals surface area contributed by atoms with Gasteiger partial charge in [0.15, 0.2) is 10.8 Å². The van der Waals surface area contributed by atoms with E-state index in [9.17, 15) is 0 Å². The molecule has 0 spiro atoms. The molecule has 0 unspecified atom stereocenters. The summed E-state index contributed by atoms with van der Waals surface area (Å²) in [4.78, 5) is 0. The van der Waals surface area contributed by atoms with Crippen molar-refractivity contribution in [2.45, 2.75) is 0 Å². The van der Waals surface area contributed by atoms with Gasteiger partial charge in [-0.05, 0) is 11.5 Å². The molecule has 0 fully saturated rings. The molecule has 0 amide bonds. The first-order valence-electron chi connectivity index (χ1n) is 3.80. The van der Waals surface area contributed by atoms with Gasteiger partial charge in [-0.25, -0.2) is 0 Å². The average molecular weight is 297 g/mol. The number of hydrogen-bond donors (Lipinski definition) is 0. The molecule has 1 heterocycles. The van der Waals surface area contributed by atoms with Gasteiger partial charge in [0.05, 0.1) is 12.5 Å². The number of aromatic nitrogens is 2. The molecule has 2 aromatic rings. The molecule has 0 aliphatic heterocycles. The molecule has 0 saturated heterocycles. The van der Waals surface area contributed by atoms with Gasteiger partial charge in [0.25, 0.3) is 0 Å². The van der Waals surface area contributed by atoms with Crippen molar-refractivity contribution in [1.82, 2.24) is 10.2 Å². The Balaban J connectivity index is 0.000000299. The minimum absolute atomic E-state index is 0. The van der Waals surface area contributed by atoms with Crippen molar-refractivity contribution < 1.29 is 23.7 Å². The maximum Gasteiger partial charge on any atom is 3.00 e. The third-order valence-electron chi connectivity index (χ3n) is 1.30. The van der Waals surface area contributed by atoms with E-state index in [4.69, 9.17) is 4.21 Å². The molecule has 2 rings (SSSR count). The fraction of sp³-hybridized carbons (Fsp3) is 0.222. The Labute approximate surface area is 98.5 Å². The molecule has 0 saturated carbocycles. The first kappa shape index (κ1) is 13.5. The molecule has 1 aromatic heterocycles. The predicted molar refractivity (Wildman–Crippen MR) is 56.2 cm³/mol. The van der Waals surface area contributed by atoms with Crippen LogP contribution in [0.2, 0.25) is 0 Å². The molecule has 0 aliphatic carbocycles. The molecule has 0 bridgehead atoms. The van der Waals surface area contributed by atoms with E-state index in [2.05, 4.69) is 10.2 Å². The van der Waals surface area contributed by atoms with Crippen LogP contribution in [0.15, 0.2) is 30.5 Å². The zero-order valence-corrected chi connectivity index (χ0v) is 10.5. The van der Waals surface area contributed by atoms with E-state index in [-0.39, 0.29) is 30.3 Å². The summed E-state index contributed by atoms with van der Waals surface area (Å²) in [5, 5.41) is 8.73. The molecule has 14 heavy (non-hydrogen) atoms. The van der Waals surface area contributed by atoms with E-state index in [0.717, 1.165) is 10.9 Å². The quantitative estimate of drug-likeness (QED) is 0.544. The standard InChI is InChI=1S/C7H5N2.C2H6OS.Ru/c1-2-4-7-6(3-1)5-8-9-7;1-4(2)3;/h1-5H;1-2H3;/q-1;;+3/p+1. The molecule has 0 atom stereocenters. The van der Waals surface area contributed by atoms with E-state index in [1.54, 1.807) is 18.7 Å². The zero-order valence-electron chi connectivity index (χ0n) is 7.99. The number of benzene rings is 1. The van der Waals surface area contributed by atoms with E-state index in [1.165, 1.54) is 0 Å². The van der Waals surface area contributed by atoms with Crippen LogP contribution in [0.5, 0.6) is 0 Å². The van der Waals surface area contributed by atoms with Crippen LogP contribution in [0.4, 0.5) is 0 Å². The van der Waals surface area contributed by atoms with Gasteiger partial charge in [-0.2, -0.15) is 6.20 Å². The van der Waals surface area contributed by atoms with Crippen LogP contribution in [-0.2, 0) is 30.3 Å². The summed E-state index contributed by atoms with van der Waals surface area (Å²) in [6.45, 7) is 0. The van der Waals surface area contributed by atoms with Crippen LogP contribution in [0.1, 0.15) is 0 Å². The second kappa shape index (κ2) is 6.85. The Kier molecular flexibility index (Phi) is 6.59. The van der Waals surface area contributed by atoms with E-state index in [1.807, 2.05) is 24.3 Å². The average Bonchev–Trinajstić information content (AvgIpc) is 2.49. The molecule has 75 valence electrons. The molecule has 3 nitrogen and oxygen atoms in total. The van der Waals surface area contributed by atoms with E-state index >= 15 is 0 Å². The summed E-state index contributed by atoms with van der Waals surface area (Å²) in [6.07, 6.45) is 5.26. The Morgan fingerprint density at radius 2 is 1.86 bits per heavy atom. The molecule has 1 N–H and O–H groups in total. The van der Waals surface area contributed by atoms with Gasteiger partial charge in [-0.15, -0.1) is 0 Å². The van der Waals surface area contributed by atoms with Crippen molar-refractivity contribution in [3.8, 4) is 0 Å². The van der Waals surface area contributed by atoms with Gasteiger partial charge in [-0.3, -0.25) is 4.21 Å². The Hall–Kier alpha value is -0.537. The van der Waals surface area contributed by atoms with Gasteiger partial charge in [0.2, 0.25) is 0 Å². The first-order valence-corrected chi connectivity index (χ1v) is 5.80. The monoisotopic (exact) mass is 298 g/mol. The van der Waals surface area contributed by atoms with Crippen molar-refractivity contribution in [1.29, 1.82) is 0 Å². The van der Waals surface area contributed by atoms with Gasteiger partial charge in [0, 0.05) is 5.52 Å². The summed E-state index contributed by atoms with van der Waals surface area (Å²) < 4.78 is 8.08. The molecule has 1 radical (unpaired) electrons. The third-order valence-corrected chi connectivity index (χ3v) is 1.30. The number of nitrogens with zero attached hydrogens (tertiary/aromatic N) is 2. The molecular formula is C9H12N2ORuS+3. The fourth-order valence-electron chi connectivity index (χ4n) is 0.841. The minimum Gasteiger partial charge on any atom is -0.581 e. The molecule has 1 aromatic carbocycles. The molecular weight excluding hydrogens is 285 g/mol. The smallest absolute Gasteiger partial charge is 0.581 e. The fourth-order valence-corrected chi connectivity index (χ4v) is 0.841. The van der Waals surface area contributed by atoms with Crippen LogP contribution in [0.3, 0.4) is 0 Å². The van der Waals surface area contributed by atoms with E-state index < -0.39 is 0 Å². The number of fused-ring (bicyclic) bond motifs is 1. The second-order valence-corrected chi connectivity index (χ2v) is 4.22. The van der Waals surface area contributed by atoms with Gasteiger partial charge >= 0.3 is 19.5 Å². The molecule has 0 aliphatic rings. The topological polar surface area (TPSA) is 48.4 Å². The predicted octanol–water partition coefficient (Wildman–Crippen LogP) is 1.34. The Morgan fingerprint density at radius 3 is 2.43 bits per heavy atom. The van der Waals surface area contributed by atoms with Gasteiger partial charge in [-0.1, -0.05) is 18.2 Å². The van der Waals surface area contributed by atoms with Crippen molar-refractivity contribution in [3.63, 3.8) is 0 Å². The normalized spacial score (nSPS) is 9.07. The van der Waals surface area contributed by atoms with Crippen LogP contribution >= 0.6 is 0 Å². The van der Waals surface area contributed by atoms with Crippen LogP contribution < -0.4 is 5.10 Å². The maximum atomic E-state index is 8.08. The van der Waals surface area contributed by atoms with Crippen molar-refractivity contribution >= 4 is 21.7 Å². The van der Waals surface area contributed by atoms with Crippen molar-refractivity contribution in [2.75, 3.05) is 12.5 Å². The maximum absolute atomic E-state index is 8.08. The van der Waals surface area contributed by atoms with Crippen LogP contribution in [-0.4, -0.2) is 21.8 Å². The molecule has 5 heteroatoms. The van der Waals surface area contributed by atoms with Crippen LogP contribution in [0.25, 0.3) is 10.9 Å². The first-order chi connectivity index (χ1) is 6.20. The van der Waals surface area contributed by atoms with Crippen LogP contribution in [0, 0.1) is 0 Å². The Bertz CT molecular complexity index is 368. The summed E-state index contributed by atoms with van der Waals surface area (Å²) in [6, 6.07) is 7.88. The SMILES string of the molecule is CS(C)=[OH+].[Ru+3].c1ccc2n[n-]cc2c1. The second-order valence-electron chi connectivity index (χ2n) is 2.68. The number of hydrogen-bond acceptors (Lipinski definition) is 1. The third kappa shape index (κ3) is 4.63. The van der Waals surface area contributed by atoms with E-state index in [0.29, 0.717) is 0 Å². The summed E-state index contributed by atoms with van der Waals surface area (Å²) >= 11 is 0. The summed E-state index contributed by atoms with van der Waals surface area (Å²) in [5.74, 6) is 0. The summed E-state index contributed by atoms with van der Waals surface area (Å²) in [7, 11) is -0.361. The van der Waals surface area contributed by atoms with Gasteiger partial charge < -0.3 is 10.2 Å². The van der Waals surface area contributed by atoms with Crippen molar-refractivity contribution in [3.05, 3.63) is 30.5 Å².